The number of amides is 2. The molecule has 2 aromatic rings. The van der Waals surface area contributed by atoms with E-state index in [1.54, 1.807) is 33.3 Å². The lowest BCUT2D eigenvalue weighted by Gasteiger charge is -2.29. The topological polar surface area (TPSA) is 43.9 Å². The number of carbonyl (C=O) groups excluding carboxylic acids is 2. The first kappa shape index (κ1) is 23.4. The Labute approximate surface area is 188 Å². The minimum absolute atomic E-state index is 0.00115. The van der Waals surface area contributed by atoms with Crippen molar-refractivity contribution in [3.63, 3.8) is 0 Å². The zero-order valence-electron chi connectivity index (χ0n) is 18.5. The number of halogens is 1. The van der Waals surface area contributed by atoms with E-state index in [1.165, 1.54) is 29.9 Å². The average molecular weight is 446 g/mol. The quantitative estimate of drug-likeness (QED) is 0.554. The maximum Gasteiger partial charge on any atom is 0.242 e. The molecule has 0 unspecified atom stereocenters. The van der Waals surface area contributed by atoms with Crippen LogP contribution in [-0.2, 0) is 22.7 Å². The molecular formula is C24H32FN3O2S. The van der Waals surface area contributed by atoms with Crippen LogP contribution in [0.25, 0.3) is 0 Å². The summed E-state index contributed by atoms with van der Waals surface area (Å²) in [5.74, 6) is -0.378. The zero-order chi connectivity index (χ0) is 22.2. The van der Waals surface area contributed by atoms with E-state index in [0.29, 0.717) is 26.1 Å². The van der Waals surface area contributed by atoms with Gasteiger partial charge < -0.3 is 14.7 Å². The first-order chi connectivity index (χ1) is 14.9. The highest BCUT2D eigenvalue weighted by Crippen LogP contribution is 2.19. The van der Waals surface area contributed by atoms with E-state index in [2.05, 4.69) is 4.90 Å². The Kier molecular flexibility index (Phi) is 8.60. The first-order valence-corrected chi connectivity index (χ1v) is 11.8. The van der Waals surface area contributed by atoms with Gasteiger partial charge in [-0.05, 0) is 62.7 Å². The van der Waals surface area contributed by atoms with Gasteiger partial charge in [0.05, 0.1) is 13.1 Å². The molecule has 0 saturated carbocycles. The van der Waals surface area contributed by atoms with Gasteiger partial charge in [-0.3, -0.25) is 9.59 Å². The summed E-state index contributed by atoms with van der Waals surface area (Å²) in [6.07, 6.45) is 2.79. The third kappa shape index (κ3) is 7.14. The number of likely N-dealkylation sites (tertiary alicyclic amines) is 1. The van der Waals surface area contributed by atoms with E-state index in [-0.39, 0.29) is 24.2 Å². The normalized spacial score (nSPS) is 14.0. The molecule has 1 aromatic carbocycles. The lowest BCUT2D eigenvalue weighted by molar-refractivity contribution is -0.141. The monoisotopic (exact) mass is 445 g/mol. The van der Waals surface area contributed by atoms with Crippen LogP contribution in [0.1, 0.15) is 41.5 Å². The molecule has 5 nitrogen and oxygen atoms in total. The fourth-order valence-corrected chi connectivity index (χ4v) is 4.75. The van der Waals surface area contributed by atoms with Crippen molar-refractivity contribution in [3.8, 4) is 0 Å². The summed E-state index contributed by atoms with van der Waals surface area (Å²) in [6.45, 7) is 8.33. The second kappa shape index (κ2) is 11.4. The Balaban J connectivity index is 1.70. The highest BCUT2D eigenvalue weighted by atomic mass is 32.1. The van der Waals surface area contributed by atoms with Crippen LogP contribution in [-0.4, -0.2) is 59.2 Å². The molecular weight excluding hydrogens is 413 g/mol. The number of benzene rings is 1. The molecule has 7 heteroatoms. The van der Waals surface area contributed by atoms with E-state index in [9.17, 15) is 14.0 Å². The molecule has 0 bridgehead atoms. The fourth-order valence-electron chi connectivity index (χ4n) is 3.85. The van der Waals surface area contributed by atoms with Crippen molar-refractivity contribution in [1.29, 1.82) is 0 Å². The van der Waals surface area contributed by atoms with Gasteiger partial charge in [0.15, 0.2) is 0 Å². The lowest BCUT2D eigenvalue weighted by atomic mass is 10.2. The van der Waals surface area contributed by atoms with Crippen LogP contribution in [0.4, 0.5) is 4.39 Å². The molecule has 1 fully saturated rings. The van der Waals surface area contributed by atoms with E-state index < -0.39 is 0 Å². The Morgan fingerprint density at radius 2 is 1.71 bits per heavy atom. The summed E-state index contributed by atoms with van der Waals surface area (Å²) in [6, 6.07) is 10.3. The van der Waals surface area contributed by atoms with Crippen molar-refractivity contribution >= 4 is 23.2 Å². The second-order valence-corrected chi connectivity index (χ2v) is 9.48. The lowest BCUT2D eigenvalue weighted by Crippen LogP contribution is -2.45. The summed E-state index contributed by atoms with van der Waals surface area (Å²) in [7, 11) is 0. The van der Waals surface area contributed by atoms with Crippen molar-refractivity contribution in [2.75, 3.05) is 32.7 Å². The Morgan fingerprint density at radius 3 is 2.32 bits per heavy atom. The van der Waals surface area contributed by atoms with E-state index in [0.717, 1.165) is 30.1 Å². The summed E-state index contributed by atoms with van der Waals surface area (Å²) in [4.78, 5) is 33.9. The summed E-state index contributed by atoms with van der Waals surface area (Å²) in [5, 5.41) is 0. The number of aryl methyl sites for hydroxylation is 1. The summed E-state index contributed by atoms with van der Waals surface area (Å²) in [5.41, 5.74) is 0.869. The number of hydrogen-bond donors (Lipinski definition) is 0. The predicted molar refractivity (Wildman–Crippen MR) is 122 cm³/mol. The maximum atomic E-state index is 13.3. The van der Waals surface area contributed by atoms with Crippen molar-refractivity contribution < 1.29 is 14.0 Å². The van der Waals surface area contributed by atoms with Gasteiger partial charge in [-0.1, -0.05) is 19.1 Å². The van der Waals surface area contributed by atoms with E-state index in [1.807, 2.05) is 26.0 Å². The Bertz CT molecular complexity index is 862. The van der Waals surface area contributed by atoms with Crippen LogP contribution in [0, 0.1) is 12.7 Å². The molecule has 0 spiro atoms. The third-order valence-electron chi connectivity index (χ3n) is 5.65. The second-order valence-electron chi connectivity index (χ2n) is 8.11. The number of nitrogens with zero attached hydrogens (tertiary/aromatic N) is 3. The highest BCUT2D eigenvalue weighted by Gasteiger charge is 2.22. The van der Waals surface area contributed by atoms with Gasteiger partial charge in [-0.15, -0.1) is 11.3 Å². The SMILES string of the molecule is CCC(=O)N(CCN1CCCC1)CC(=O)N(Cc1ccc(F)cc1)Cc1ccc(C)s1. The molecule has 0 radical (unpaired) electrons. The van der Waals surface area contributed by atoms with Gasteiger partial charge in [0.25, 0.3) is 0 Å². The predicted octanol–water partition coefficient (Wildman–Crippen LogP) is 4.06. The molecule has 3 rings (SSSR count). The minimum Gasteiger partial charge on any atom is -0.332 e. The molecule has 31 heavy (non-hydrogen) atoms. The number of thiophene rings is 1. The summed E-state index contributed by atoms with van der Waals surface area (Å²) < 4.78 is 13.3. The van der Waals surface area contributed by atoms with Gasteiger partial charge in [-0.25, -0.2) is 4.39 Å². The molecule has 1 aliphatic rings. The molecule has 0 N–H and O–H groups in total. The molecule has 0 aliphatic carbocycles. The van der Waals surface area contributed by atoms with Crippen LogP contribution >= 0.6 is 11.3 Å². The number of hydrogen-bond acceptors (Lipinski definition) is 4. The molecule has 1 saturated heterocycles. The number of rotatable bonds is 10. The fraction of sp³-hybridized carbons (Fsp3) is 0.500. The molecule has 2 amide bonds. The smallest absolute Gasteiger partial charge is 0.242 e. The average Bonchev–Trinajstić information content (AvgIpc) is 3.43. The number of carbonyl (C=O) groups is 2. The van der Waals surface area contributed by atoms with Gasteiger partial charge >= 0.3 is 0 Å². The Morgan fingerprint density at radius 1 is 1.00 bits per heavy atom. The molecule has 0 atom stereocenters. The van der Waals surface area contributed by atoms with E-state index in [4.69, 9.17) is 0 Å². The largest absolute Gasteiger partial charge is 0.332 e. The van der Waals surface area contributed by atoms with Gasteiger partial charge in [0, 0.05) is 35.8 Å². The molecule has 1 aliphatic heterocycles. The minimum atomic E-state index is -0.294. The first-order valence-electron chi connectivity index (χ1n) is 11.0. The van der Waals surface area contributed by atoms with Gasteiger partial charge in [0.1, 0.15) is 5.82 Å². The standard InChI is InChI=1S/C24H32FN3O2S/c1-3-23(29)27(15-14-26-12-4-5-13-26)18-24(30)28(17-22-11-6-19(2)31-22)16-20-7-9-21(25)10-8-20/h6-11H,3-5,12-18H2,1-2H3. The summed E-state index contributed by atoms with van der Waals surface area (Å²) >= 11 is 1.66. The van der Waals surface area contributed by atoms with Gasteiger partial charge in [-0.2, -0.15) is 0 Å². The third-order valence-corrected chi connectivity index (χ3v) is 6.63. The van der Waals surface area contributed by atoms with Crippen molar-refractivity contribution in [2.24, 2.45) is 0 Å². The van der Waals surface area contributed by atoms with Crippen molar-refractivity contribution in [2.45, 2.75) is 46.2 Å². The van der Waals surface area contributed by atoms with Crippen LogP contribution in [0.3, 0.4) is 0 Å². The Hall–Kier alpha value is -2.25. The zero-order valence-corrected chi connectivity index (χ0v) is 19.3. The van der Waals surface area contributed by atoms with Crippen LogP contribution < -0.4 is 0 Å². The van der Waals surface area contributed by atoms with E-state index >= 15 is 0 Å². The van der Waals surface area contributed by atoms with Crippen LogP contribution in [0.15, 0.2) is 36.4 Å². The molecule has 2 heterocycles. The van der Waals surface area contributed by atoms with Crippen molar-refractivity contribution in [3.05, 3.63) is 57.5 Å². The molecule has 168 valence electrons. The molecule has 1 aromatic heterocycles. The van der Waals surface area contributed by atoms with Crippen LogP contribution in [0.5, 0.6) is 0 Å². The van der Waals surface area contributed by atoms with Crippen LogP contribution in [0.2, 0.25) is 0 Å². The van der Waals surface area contributed by atoms with Crippen molar-refractivity contribution in [1.82, 2.24) is 14.7 Å². The maximum absolute atomic E-state index is 13.3. The highest BCUT2D eigenvalue weighted by molar-refractivity contribution is 7.11. The van der Waals surface area contributed by atoms with Gasteiger partial charge in [0.2, 0.25) is 11.8 Å².